The molecule has 1 heterocycles. The molecule has 4 nitrogen and oxygen atoms in total. The van der Waals surface area contributed by atoms with Gasteiger partial charge in [-0.25, -0.2) is 0 Å². The molecule has 0 aliphatic rings. The van der Waals surface area contributed by atoms with Crippen LogP contribution in [0.5, 0.6) is 5.75 Å². The molecular weight excluding hydrogens is 350 g/mol. The fourth-order valence-electron chi connectivity index (χ4n) is 2.31. The Morgan fingerprint density at radius 2 is 1.96 bits per heavy atom. The third-order valence-corrected chi connectivity index (χ3v) is 5.81. The molecule has 0 amide bonds. The van der Waals surface area contributed by atoms with E-state index in [0.717, 1.165) is 31.8 Å². The number of benzene rings is 2. The van der Waals surface area contributed by atoms with Crippen LogP contribution in [0.25, 0.3) is 0 Å². The molecule has 0 aliphatic carbocycles. The maximum atomic E-state index is 7.60. The van der Waals surface area contributed by atoms with Gasteiger partial charge in [0.15, 0.2) is 0 Å². The summed E-state index contributed by atoms with van der Waals surface area (Å²) < 4.78 is 6.97. The third kappa shape index (κ3) is 4.55. The highest BCUT2D eigenvalue weighted by atomic mass is 32.2. The predicted molar refractivity (Wildman–Crippen MR) is 108 cm³/mol. The summed E-state index contributed by atoms with van der Waals surface area (Å²) in [6, 6.07) is 19.9. The second-order valence-corrected chi connectivity index (χ2v) is 7.48. The minimum atomic E-state index is 0.0910. The first-order valence-electron chi connectivity index (χ1n) is 7.72. The number of hydrogen-bond donors (Lipinski definition) is 3. The molecule has 0 spiro atoms. The van der Waals surface area contributed by atoms with Gasteiger partial charge in [-0.05, 0) is 30.0 Å². The molecule has 4 N–H and O–H groups in total. The number of thiophene rings is 1. The number of nitrogen functional groups attached to an aromatic ring is 1. The molecule has 2 aromatic carbocycles. The first-order chi connectivity index (χ1) is 12.2. The summed E-state index contributed by atoms with van der Waals surface area (Å²) in [6.45, 7) is 0.535. The second-order valence-electron chi connectivity index (χ2n) is 5.36. The molecule has 3 rings (SSSR count). The number of anilines is 2. The molecule has 0 saturated heterocycles. The van der Waals surface area contributed by atoms with E-state index >= 15 is 0 Å². The number of rotatable bonds is 7. The van der Waals surface area contributed by atoms with E-state index < -0.39 is 0 Å². The number of nitrogens with two attached hydrogens (primary N) is 1. The van der Waals surface area contributed by atoms with E-state index in [1.807, 2.05) is 66.9 Å². The van der Waals surface area contributed by atoms with Crippen molar-refractivity contribution in [1.82, 2.24) is 0 Å². The zero-order valence-electron chi connectivity index (χ0n) is 13.8. The maximum absolute atomic E-state index is 7.60. The van der Waals surface area contributed by atoms with E-state index in [0.29, 0.717) is 6.61 Å². The lowest BCUT2D eigenvalue weighted by Crippen LogP contribution is -2.08. The fourth-order valence-corrected chi connectivity index (χ4v) is 3.94. The van der Waals surface area contributed by atoms with Gasteiger partial charge in [0.1, 0.15) is 18.2 Å². The maximum Gasteiger partial charge on any atom is 0.133 e. The second kappa shape index (κ2) is 8.09. The molecule has 6 heteroatoms. The molecule has 1 aromatic heterocycles. The van der Waals surface area contributed by atoms with Crippen LogP contribution in [0.1, 0.15) is 10.4 Å². The van der Waals surface area contributed by atoms with Crippen LogP contribution in [0.2, 0.25) is 0 Å². The van der Waals surface area contributed by atoms with E-state index in [9.17, 15) is 0 Å². The first-order valence-corrected chi connectivity index (χ1v) is 9.76. The minimum Gasteiger partial charge on any atom is -0.489 e. The molecule has 25 heavy (non-hydrogen) atoms. The predicted octanol–water partition coefficient (Wildman–Crippen LogP) is 5.08. The summed E-state index contributed by atoms with van der Waals surface area (Å²) in [5.74, 6) is 0.898. The van der Waals surface area contributed by atoms with Crippen molar-refractivity contribution >= 4 is 40.3 Å². The standard InChI is InChI=1S/C19H19N3OS2/c1-24-19-16(11-17(25-19)18(20)21)22-14-8-5-9-15(10-14)23-12-13-6-3-2-4-7-13/h2-11,22H,12H2,1H3,(H3,20,21). The summed E-state index contributed by atoms with van der Waals surface area (Å²) in [6.07, 6.45) is 2.01. The Bertz CT molecular complexity index is 862. The van der Waals surface area contributed by atoms with Crippen molar-refractivity contribution in [2.75, 3.05) is 11.6 Å². The summed E-state index contributed by atoms with van der Waals surface area (Å²) in [7, 11) is 0. The zero-order chi connectivity index (χ0) is 17.6. The Hall–Kier alpha value is -2.44. The Labute approximate surface area is 155 Å². The van der Waals surface area contributed by atoms with E-state index in [2.05, 4.69) is 5.32 Å². The summed E-state index contributed by atoms with van der Waals surface area (Å²) in [4.78, 5) is 0.767. The third-order valence-electron chi connectivity index (χ3n) is 3.51. The molecule has 0 aliphatic heterocycles. The Kier molecular flexibility index (Phi) is 5.63. The summed E-state index contributed by atoms with van der Waals surface area (Å²) in [5.41, 5.74) is 8.63. The SMILES string of the molecule is CSc1sc(C(=N)N)cc1Nc1cccc(OCc2ccccc2)c1. The van der Waals surface area contributed by atoms with E-state index in [-0.39, 0.29) is 5.84 Å². The number of amidine groups is 1. The molecule has 3 aromatic rings. The lowest BCUT2D eigenvalue weighted by molar-refractivity contribution is 0.306. The van der Waals surface area contributed by atoms with Crippen LogP contribution >= 0.6 is 23.1 Å². The van der Waals surface area contributed by atoms with Crippen LogP contribution in [0.3, 0.4) is 0 Å². The van der Waals surface area contributed by atoms with Crippen LogP contribution in [-0.2, 0) is 6.61 Å². The summed E-state index contributed by atoms with van der Waals surface area (Å²) in [5, 5.41) is 11.0. The quantitative estimate of drug-likeness (QED) is 0.309. The highest BCUT2D eigenvalue weighted by molar-refractivity contribution is 8.00. The normalized spacial score (nSPS) is 10.4. The molecule has 0 saturated carbocycles. The number of thioether (sulfide) groups is 1. The van der Waals surface area contributed by atoms with Crippen molar-refractivity contribution < 1.29 is 4.74 Å². The smallest absolute Gasteiger partial charge is 0.133 e. The van der Waals surface area contributed by atoms with Gasteiger partial charge >= 0.3 is 0 Å². The molecule has 0 fully saturated rings. The highest BCUT2D eigenvalue weighted by Crippen LogP contribution is 2.36. The van der Waals surface area contributed by atoms with Gasteiger partial charge in [-0.15, -0.1) is 23.1 Å². The van der Waals surface area contributed by atoms with Crippen molar-refractivity contribution in [3.8, 4) is 5.75 Å². The van der Waals surface area contributed by atoms with Crippen molar-refractivity contribution in [3.63, 3.8) is 0 Å². The molecule has 128 valence electrons. The van der Waals surface area contributed by atoms with Gasteiger partial charge in [0.25, 0.3) is 0 Å². The largest absolute Gasteiger partial charge is 0.489 e. The highest BCUT2D eigenvalue weighted by Gasteiger charge is 2.11. The van der Waals surface area contributed by atoms with Crippen molar-refractivity contribution in [3.05, 3.63) is 71.1 Å². The average molecular weight is 370 g/mol. The fraction of sp³-hybridized carbons (Fsp3) is 0.105. The molecular formula is C19H19N3OS2. The van der Waals surface area contributed by atoms with Crippen LogP contribution in [0.4, 0.5) is 11.4 Å². The lowest BCUT2D eigenvalue weighted by Gasteiger charge is -2.10. The van der Waals surface area contributed by atoms with Crippen molar-refractivity contribution in [2.45, 2.75) is 10.8 Å². The van der Waals surface area contributed by atoms with Gasteiger partial charge in [-0.3, -0.25) is 5.41 Å². The molecule has 0 unspecified atom stereocenters. The Morgan fingerprint density at radius 3 is 2.68 bits per heavy atom. The van der Waals surface area contributed by atoms with E-state index in [4.69, 9.17) is 15.9 Å². The number of nitrogens with one attached hydrogen (secondary N) is 2. The minimum absolute atomic E-state index is 0.0910. The van der Waals surface area contributed by atoms with Crippen LogP contribution < -0.4 is 15.8 Å². The monoisotopic (exact) mass is 369 g/mol. The first kappa shape index (κ1) is 17.4. The molecule has 0 atom stereocenters. The van der Waals surface area contributed by atoms with Crippen LogP contribution in [0, 0.1) is 5.41 Å². The van der Waals surface area contributed by atoms with Gasteiger partial charge in [-0.2, -0.15) is 0 Å². The van der Waals surface area contributed by atoms with Crippen LogP contribution in [0.15, 0.2) is 64.9 Å². The van der Waals surface area contributed by atoms with E-state index in [1.165, 1.54) is 11.3 Å². The molecule has 0 bridgehead atoms. The van der Waals surface area contributed by atoms with Crippen molar-refractivity contribution in [1.29, 1.82) is 5.41 Å². The Balaban J connectivity index is 1.72. The molecule has 0 radical (unpaired) electrons. The van der Waals surface area contributed by atoms with Crippen molar-refractivity contribution in [2.24, 2.45) is 5.73 Å². The van der Waals surface area contributed by atoms with Gasteiger partial charge in [0.2, 0.25) is 0 Å². The van der Waals surface area contributed by atoms with E-state index in [1.54, 1.807) is 11.8 Å². The van der Waals surface area contributed by atoms with Gasteiger partial charge in [0.05, 0.1) is 14.8 Å². The Morgan fingerprint density at radius 1 is 1.16 bits per heavy atom. The number of ether oxygens (including phenoxy) is 1. The summed E-state index contributed by atoms with van der Waals surface area (Å²) >= 11 is 3.16. The van der Waals surface area contributed by atoms with Gasteiger partial charge in [0, 0.05) is 11.8 Å². The zero-order valence-corrected chi connectivity index (χ0v) is 15.4. The lowest BCUT2D eigenvalue weighted by atomic mass is 10.2. The van der Waals surface area contributed by atoms with Gasteiger partial charge < -0.3 is 15.8 Å². The van der Waals surface area contributed by atoms with Crippen LogP contribution in [-0.4, -0.2) is 12.1 Å². The topological polar surface area (TPSA) is 71.1 Å². The number of hydrogen-bond acceptors (Lipinski definition) is 5. The average Bonchev–Trinajstić information content (AvgIpc) is 3.04. The van der Waals surface area contributed by atoms with Gasteiger partial charge in [-0.1, -0.05) is 36.4 Å².